The van der Waals surface area contributed by atoms with E-state index >= 15 is 0 Å². The first-order valence-electron chi connectivity index (χ1n) is 4.80. The summed E-state index contributed by atoms with van der Waals surface area (Å²) in [6.45, 7) is 2.77. The number of hydrogen-bond acceptors (Lipinski definition) is 2. The number of amides is 1. The number of benzene rings is 1. The van der Waals surface area contributed by atoms with E-state index in [1.165, 1.54) is 11.1 Å². The van der Waals surface area contributed by atoms with E-state index in [4.69, 9.17) is 0 Å². The van der Waals surface area contributed by atoms with Crippen LogP contribution >= 0.6 is 0 Å². The summed E-state index contributed by atoms with van der Waals surface area (Å²) < 4.78 is 0. The molecule has 0 spiro atoms. The van der Waals surface area contributed by atoms with Crippen molar-refractivity contribution in [2.75, 3.05) is 11.9 Å². The fourth-order valence-corrected chi connectivity index (χ4v) is 2.58. The Bertz CT molecular complexity index is 441. The molecule has 72 valence electrons. The van der Waals surface area contributed by atoms with Crippen LogP contribution in [0.15, 0.2) is 18.2 Å². The first-order chi connectivity index (χ1) is 6.64. The highest BCUT2D eigenvalue weighted by Gasteiger charge is 2.50. The quantitative estimate of drug-likeness (QED) is 0.658. The van der Waals surface area contributed by atoms with Gasteiger partial charge in [-0.2, -0.15) is 0 Å². The predicted molar refractivity (Wildman–Crippen MR) is 54.0 cm³/mol. The highest BCUT2D eigenvalue weighted by Crippen LogP contribution is 2.44. The molecule has 3 heteroatoms. The predicted octanol–water partition coefficient (Wildman–Crippen LogP) is 0.981. The Morgan fingerprint density at radius 1 is 1.50 bits per heavy atom. The fraction of sp³-hybridized carbons (Fsp3) is 0.364. The number of rotatable bonds is 0. The van der Waals surface area contributed by atoms with Crippen molar-refractivity contribution in [2.45, 2.75) is 19.0 Å². The van der Waals surface area contributed by atoms with Crippen LogP contribution in [-0.2, 0) is 16.9 Å². The Morgan fingerprint density at radius 2 is 2.29 bits per heavy atom. The van der Waals surface area contributed by atoms with Crippen LogP contribution in [0.4, 0.5) is 5.69 Å². The van der Waals surface area contributed by atoms with Crippen LogP contribution < -0.4 is 10.2 Å². The Morgan fingerprint density at radius 3 is 3.07 bits per heavy atom. The molecule has 1 unspecified atom stereocenters. The van der Waals surface area contributed by atoms with Crippen molar-refractivity contribution in [3.05, 3.63) is 29.3 Å². The average molecular weight is 188 g/mol. The molecule has 2 heterocycles. The third kappa shape index (κ3) is 0.664. The van der Waals surface area contributed by atoms with Gasteiger partial charge in [0.2, 0.25) is 0 Å². The smallest absolute Gasteiger partial charge is 0.251 e. The number of hydrogen-bond donors (Lipinski definition) is 1. The number of carbonyl (C=O) groups is 1. The molecule has 1 atom stereocenters. The van der Waals surface area contributed by atoms with Gasteiger partial charge in [-0.3, -0.25) is 10.1 Å². The highest BCUT2D eigenvalue weighted by molar-refractivity contribution is 6.08. The number of nitrogens with one attached hydrogen (secondary N) is 1. The van der Waals surface area contributed by atoms with Gasteiger partial charge in [0.15, 0.2) is 0 Å². The van der Waals surface area contributed by atoms with Gasteiger partial charge in [0.25, 0.3) is 5.91 Å². The Labute approximate surface area is 82.7 Å². The molecule has 0 fully saturated rings. The van der Waals surface area contributed by atoms with Crippen molar-refractivity contribution in [1.82, 2.24) is 5.32 Å². The zero-order chi connectivity index (χ0) is 9.92. The second kappa shape index (κ2) is 2.17. The number of carbonyl (C=O) groups excluding carboxylic acids is 1. The molecular weight excluding hydrogens is 176 g/mol. The SMILES string of the molecule is CN1C(=O)C2(C)NCc3cccc1c32. The van der Waals surface area contributed by atoms with E-state index in [9.17, 15) is 4.79 Å². The summed E-state index contributed by atoms with van der Waals surface area (Å²) in [7, 11) is 1.84. The molecule has 1 N–H and O–H groups in total. The van der Waals surface area contributed by atoms with Crippen molar-refractivity contribution in [3.63, 3.8) is 0 Å². The monoisotopic (exact) mass is 188 g/mol. The van der Waals surface area contributed by atoms with Crippen LogP contribution in [0.2, 0.25) is 0 Å². The van der Waals surface area contributed by atoms with E-state index in [-0.39, 0.29) is 5.91 Å². The largest absolute Gasteiger partial charge is 0.313 e. The molecule has 1 aromatic rings. The van der Waals surface area contributed by atoms with Gasteiger partial charge in [-0.15, -0.1) is 0 Å². The lowest BCUT2D eigenvalue weighted by molar-refractivity contribution is -0.123. The molecule has 0 bridgehead atoms. The molecule has 1 amide bonds. The van der Waals surface area contributed by atoms with Crippen LogP contribution in [0.25, 0.3) is 0 Å². The first-order valence-corrected chi connectivity index (χ1v) is 4.80. The number of nitrogens with zero attached hydrogens (tertiary/aromatic N) is 1. The van der Waals surface area contributed by atoms with Gasteiger partial charge in [0.05, 0.1) is 0 Å². The average Bonchev–Trinajstić information content (AvgIpc) is 2.63. The van der Waals surface area contributed by atoms with Gasteiger partial charge in [0.1, 0.15) is 5.54 Å². The Kier molecular flexibility index (Phi) is 1.24. The minimum Gasteiger partial charge on any atom is -0.313 e. The molecule has 3 nitrogen and oxygen atoms in total. The molecule has 0 saturated carbocycles. The van der Waals surface area contributed by atoms with Crippen LogP contribution in [0.1, 0.15) is 18.1 Å². The maximum absolute atomic E-state index is 12.0. The normalized spacial score (nSPS) is 28.4. The lowest BCUT2D eigenvalue weighted by Gasteiger charge is -2.19. The molecule has 2 aliphatic rings. The highest BCUT2D eigenvalue weighted by atomic mass is 16.2. The molecule has 14 heavy (non-hydrogen) atoms. The van der Waals surface area contributed by atoms with E-state index in [1.807, 2.05) is 26.1 Å². The Hall–Kier alpha value is -1.35. The summed E-state index contributed by atoms with van der Waals surface area (Å²) in [5.74, 6) is 0.150. The van der Waals surface area contributed by atoms with Crippen LogP contribution in [0, 0.1) is 0 Å². The summed E-state index contributed by atoms with van der Waals surface area (Å²) in [6, 6.07) is 6.11. The second-order valence-corrected chi connectivity index (χ2v) is 4.15. The number of likely N-dealkylation sites (N-methyl/N-ethyl adjacent to an activating group) is 1. The standard InChI is InChI=1S/C11H12N2O/c1-11-9-7(6-12-11)4-3-5-8(9)13(2)10(11)14/h3-5,12H,6H2,1-2H3. The third-order valence-corrected chi connectivity index (χ3v) is 3.35. The molecule has 0 saturated heterocycles. The fourth-order valence-electron chi connectivity index (χ4n) is 2.58. The van der Waals surface area contributed by atoms with E-state index in [0.29, 0.717) is 0 Å². The molecule has 0 aromatic heterocycles. The zero-order valence-corrected chi connectivity index (χ0v) is 8.29. The second-order valence-electron chi connectivity index (χ2n) is 4.15. The van der Waals surface area contributed by atoms with Crippen molar-refractivity contribution in [1.29, 1.82) is 0 Å². The molecule has 2 aliphatic heterocycles. The van der Waals surface area contributed by atoms with Gasteiger partial charge < -0.3 is 4.90 Å². The van der Waals surface area contributed by atoms with Crippen LogP contribution in [0.5, 0.6) is 0 Å². The minimum atomic E-state index is -0.472. The molecule has 0 aliphatic carbocycles. The first kappa shape index (κ1) is 8.00. The maximum Gasteiger partial charge on any atom is 0.251 e. The van der Waals surface area contributed by atoms with Gasteiger partial charge in [-0.25, -0.2) is 0 Å². The lowest BCUT2D eigenvalue weighted by Crippen LogP contribution is -2.44. The Balaban J connectivity index is 2.37. The zero-order valence-electron chi connectivity index (χ0n) is 8.29. The van der Waals surface area contributed by atoms with Crippen molar-refractivity contribution < 1.29 is 4.79 Å². The van der Waals surface area contributed by atoms with Gasteiger partial charge in [0, 0.05) is 24.8 Å². The summed E-state index contributed by atoms with van der Waals surface area (Å²) in [5.41, 5.74) is 3.01. The summed E-state index contributed by atoms with van der Waals surface area (Å²) in [6.07, 6.45) is 0. The summed E-state index contributed by atoms with van der Waals surface area (Å²) >= 11 is 0. The molecule has 1 aromatic carbocycles. The third-order valence-electron chi connectivity index (χ3n) is 3.35. The summed E-state index contributed by atoms with van der Waals surface area (Å²) in [4.78, 5) is 13.8. The molecule has 3 rings (SSSR count). The van der Waals surface area contributed by atoms with E-state index in [1.54, 1.807) is 4.90 Å². The van der Waals surface area contributed by atoms with Gasteiger partial charge in [-0.05, 0) is 18.6 Å². The molecular formula is C11H12N2O. The number of anilines is 1. The van der Waals surface area contributed by atoms with Crippen molar-refractivity contribution >= 4 is 11.6 Å². The van der Waals surface area contributed by atoms with Crippen molar-refractivity contribution in [3.8, 4) is 0 Å². The van der Waals surface area contributed by atoms with E-state index < -0.39 is 5.54 Å². The van der Waals surface area contributed by atoms with Crippen LogP contribution in [0.3, 0.4) is 0 Å². The van der Waals surface area contributed by atoms with E-state index in [0.717, 1.165) is 12.2 Å². The maximum atomic E-state index is 12.0. The molecule has 0 radical (unpaired) electrons. The lowest BCUT2D eigenvalue weighted by atomic mass is 9.94. The van der Waals surface area contributed by atoms with Gasteiger partial charge >= 0.3 is 0 Å². The topological polar surface area (TPSA) is 32.3 Å². The van der Waals surface area contributed by atoms with Crippen molar-refractivity contribution in [2.24, 2.45) is 0 Å². The van der Waals surface area contributed by atoms with E-state index in [2.05, 4.69) is 11.4 Å². The summed E-state index contributed by atoms with van der Waals surface area (Å²) in [5, 5.41) is 3.29. The van der Waals surface area contributed by atoms with Crippen LogP contribution in [-0.4, -0.2) is 13.0 Å². The minimum absolute atomic E-state index is 0.150. The van der Waals surface area contributed by atoms with Gasteiger partial charge in [-0.1, -0.05) is 12.1 Å².